The van der Waals surface area contributed by atoms with Gasteiger partial charge in [-0.3, -0.25) is 0 Å². The molecule has 3 nitrogen and oxygen atoms in total. The largest absolute Gasteiger partial charge is 0.491 e. The van der Waals surface area contributed by atoms with Gasteiger partial charge in [0.2, 0.25) is 0 Å². The van der Waals surface area contributed by atoms with Crippen LogP contribution < -0.4 is 10.1 Å². The normalized spacial score (nSPS) is 15.9. The zero-order valence-electron chi connectivity index (χ0n) is 11.2. The fraction of sp³-hybridized carbons (Fsp3) is 0.571. The zero-order chi connectivity index (χ0) is 12.8. The Morgan fingerprint density at radius 3 is 2.63 bits per heavy atom. The average molecular weight is 290 g/mol. The summed E-state index contributed by atoms with van der Waals surface area (Å²) in [7, 11) is 1.62. The number of piperidine rings is 1. The molecule has 1 fully saturated rings. The third-order valence-electron chi connectivity index (χ3n) is 3.26. The lowest BCUT2D eigenvalue weighted by Crippen LogP contribution is -2.26. The molecule has 2 rings (SSSR count). The van der Waals surface area contributed by atoms with Crippen molar-refractivity contribution in [3.63, 3.8) is 0 Å². The summed E-state index contributed by atoms with van der Waals surface area (Å²) in [5, 5.41) is 3.31. The monoisotopic (exact) mass is 289 g/mol. The first-order chi connectivity index (χ1) is 8.79. The van der Waals surface area contributed by atoms with Crippen LogP contribution in [0.3, 0.4) is 0 Å². The lowest BCUT2D eigenvalue weighted by Gasteiger charge is -2.23. The van der Waals surface area contributed by atoms with Gasteiger partial charge in [-0.1, -0.05) is 0 Å². The first kappa shape index (κ1) is 16.2. The van der Waals surface area contributed by atoms with Gasteiger partial charge in [-0.25, -0.2) is 4.39 Å². The number of nitrogens with one attached hydrogen (secondary N) is 1. The third-order valence-corrected chi connectivity index (χ3v) is 3.26. The van der Waals surface area contributed by atoms with Gasteiger partial charge in [0.05, 0.1) is 6.61 Å². The summed E-state index contributed by atoms with van der Waals surface area (Å²) in [6, 6.07) is 5.01. The number of benzene rings is 1. The molecule has 0 saturated carbocycles. The molecule has 0 atom stereocenters. The van der Waals surface area contributed by atoms with Gasteiger partial charge in [0, 0.05) is 13.2 Å². The Labute approximate surface area is 119 Å². The van der Waals surface area contributed by atoms with Gasteiger partial charge in [-0.05, 0) is 49.5 Å². The Morgan fingerprint density at radius 1 is 1.21 bits per heavy atom. The summed E-state index contributed by atoms with van der Waals surface area (Å²) in [6.07, 6.45) is 2.11. The molecule has 1 N–H and O–H groups in total. The van der Waals surface area contributed by atoms with E-state index in [1.165, 1.54) is 6.07 Å². The van der Waals surface area contributed by atoms with Gasteiger partial charge in [-0.15, -0.1) is 12.4 Å². The maximum Gasteiger partial charge on any atom is 0.127 e. The summed E-state index contributed by atoms with van der Waals surface area (Å²) in [6.45, 7) is 2.97. The van der Waals surface area contributed by atoms with E-state index in [0.717, 1.165) is 31.5 Å². The van der Waals surface area contributed by atoms with E-state index in [4.69, 9.17) is 9.47 Å². The van der Waals surface area contributed by atoms with Crippen molar-refractivity contribution in [3.8, 4) is 5.75 Å². The van der Waals surface area contributed by atoms with Crippen molar-refractivity contribution < 1.29 is 13.9 Å². The van der Waals surface area contributed by atoms with Crippen LogP contribution in [-0.4, -0.2) is 33.4 Å². The second-order valence-electron chi connectivity index (χ2n) is 4.59. The Morgan fingerprint density at radius 2 is 1.95 bits per heavy atom. The van der Waals surface area contributed by atoms with Crippen molar-refractivity contribution >= 4 is 12.4 Å². The van der Waals surface area contributed by atoms with E-state index in [0.29, 0.717) is 24.9 Å². The molecule has 0 radical (unpaired) electrons. The molecule has 0 aliphatic carbocycles. The van der Waals surface area contributed by atoms with Crippen molar-refractivity contribution in [1.82, 2.24) is 5.32 Å². The molecule has 19 heavy (non-hydrogen) atoms. The molecule has 1 heterocycles. The van der Waals surface area contributed by atoms with Crippen molar-refractivity contribution in [2.45, 2.75) is 18.8 Å². The molecule has 5 heteroatoms. The van der Waals surface area contributed by atoms with Crippen LogP contribution >= 0.6 is 12.4 Å². The van der Waals surface area contributed by atoms with Crippen molar-refractivity contribution in [2.75, 3.05) is 33.4 Å². The molecule has 108 valence electrons. The van der Waals surface area contributed by atoms with Crippen LogP contribution in [0.1, 0.15) is 24.3 Å². The molecule has 1 aliphatic heterocycles. The van der Waals surface area contributed by atoms with Crippen molar-refractivity contribution in [2.24, 2.45) is 0 Å². The van der Waals surface area contributed by atoms with Gasteiger partial charge in [-0.2, -0.15) is 0 Å². The molecule has 0 aromatic heterocycles. The van der Waals surface area contributed by atoms with E-state index in [1.807, 2.05) is 6.07 Å². The molecule has 0 amide bonds. The average Bonchev–Trinajstić information content (AvgIpc) is 2.39. The SMILES string of the molecule is COCCOc1cc(F)cc(C2CCNCC2)c1.Cl. The predicted octanol–water partition coefficient (Wildman–Crippen LogP) is 2.74. The fourth-order valence-electron chi connectivity index (χ4n) is 2.30. The Hall–Kier alpha value is -0.840. The molecular weight excluding hydrogens is 269 g/mol. The maximum absolute atomic E-state index is 13.6. The minimum Gasteiger partial charge on any atom is -0.491 e. The standard InChI is InChI=1S/C14H20FNO2.ClH/c1-17-6-7-18-14-9-12(8-13(15)10-14)11-2-4-16-5-3-11;/h8-11,16H,2-7H2,1H3;1H. The Balaban J connectivity index is 0.00000180. The lowest BCUT2D eigenvalue weighted by molar-refractivity contribution is 0.146. The number of methoxy groups -OCH3 is 1. The van der Waals surface area contributed by atoms with E-state index >= 15 is 0 Å². The highest BCUT2D eigenvalue weighted by Crippen LogP contribution is 2.28. The lowest BCUT2D eigenvalue weighted by atomic mass is 9.90. The number of hydrogen-bond donors (Lipinski definition) is 1. The molecule has 0 spiro atoms. The van der Waals surface area contributed by atoms with Crippen LogP contribution in [0.15, 0.2) is 18.2 Å². The van der Waals surface area contributed by atoms with Gasteiger partial charge < -0.3 is 14.8 Å². The molecule has 0 unspecified atom stereocenters. The second-order valence-corrected chi connectivity index (χ2v) is 4.59. The number of halogens is 2. The van der Waals surface area contributed by atoms with E-state index in [1.54, 1.807) is 13.2 Å². The van der Waals surface area contributed by atoms with Gasteiger partial charge in [0.1, 0.15) is 18.2 Å². The molecule has 1 aromatic rings. The second kappa shape index (κ2) is 8.35. The molecule has 0 bridgehead atoms. The summed E-state index contributed by atoms with van der Waals surface area (Å²) < 4.78 is 24.0. The van der Waals surface area contributed by atoms with Crippen LogP contribution in [0.2, 0.25) is 0 Å². The summed E-state index contributed by atoms with van der Waals surface area (Å²) >= 11 is 0. The van der Waals surface area contributed by atoms with Crippen LogP contribution in [0.25, 0.3) is 0 Å². The van der Waals surface area contributed by atoms with Crippen LogP contribution in [0, 0.1) is 5.82 Å². The van der Waals surface area contributed by atoms with Gasteiger partial charge in [0.25, 0.3) is 0 Å². The van der Waals surface area contributed by atoms with Gasteiger partial charge >= 0.3 is 0 Å². The zero-order valence-corrected chi connectivity index (χ0v) is 12.0. The summed E-state index contributed by atoms with van der Waals surface area (Å²) in [5.74, 6) is 0.811. The fourth-order valence-corrected chi connectivity index (χ4v) is 2.30. The van der Waals surface area contributed by atoms with E-state index in [-0.39, 0.29) is 18.2 Å². The topological polar surface area (TPSA) is 30.5 Å². The summed E-state index contributed by atoms with van der Waals surface area (Å²) in [5.41, 5.74) is 1.05. The van der Waals surface area contributed by atoms with E-state index in [2.05, 4.69) is 5.32 Å². The first-order valence-electron chi connectivity index (χ1n) is 6.42. The van der Waals surface area contributed by atoms with Crippen LogP contribution in [0.4, 0.5) is 4.39 Å². The first-order valence-corrected chi connectivity index (χ1v) is 6.42. The van der Waals surface area contributed by atoms with Crippen molar-refractivity contribution in [3.05, 3.63) is 29.6 Å². The number of hydrogen-bond acceptors (Lipinski definition) is 3. The maximum atomic E-state index is 13.6. The smallest absolute Gasteiger partial charge is 0.127 e. The molecule has 1 aliphatic rings. The Kier molecular flexibility index (Phi) is 7.13. The molecule has 1 saturated heterocycles. The van der Waals surface area contributed by atoms with E-state index in [9.17, 15) is 4.39 Å². The summed E-state index contributed by atoms with van der Waals surface area (Å²) in [4.78, 5) is 0. The predicted molar refractivity (Wildman–Crippen MR) is 75.9 cm³/mol. The van der Waals surface area contributed by atoms with Gasteiger partial charge in [0.15, 0.2) is 0 Å². The molecular formula is C14H21ClFNO2. The highest BCUT2D eigenvalue weighted by molar-refractivity contribution is 5.85. The minimum atomic E-state index is -0.224. The number of ether oxygens (including phenoxy) is 2. The number of rotatable bonds is 5. The van der Waals surface area contributed by atoms with E-state index < -0.39 is 0 Å². The Bertz CT molecular complexity index is 384. The van der Waals surface area contributed by atoms with Crippen molar-refractivity contribution in [1.29, 1.82) is 0 Å². The van der Waals surface area contributed by atoms with Crippen LogP contribution in [0.5, 0.6) is 5.75 Å². The van der Waals surface area contributed by atoms with Crippen LogP contribution in [-0.2, 0) is 4.74 Å². The third kappa shape index (κ3) is 4.97. The molecule has 1 aromatic carbocycles. The highest BCUT2D eigenvalue weighted by Gasteiger charge is 2.16. The quantitative estimate of drug-likeness (QED) is 0.846. The minimum absolute atomic E-state index is 0. The highest BCUT2D eigenvalue weighted by atomic mass is 35.5.